The van der Waals surface area contributed by atoms with Gasteiger partial charge in [-0.1, -0.05) is 12.1 Å². The Bertz CT molecular complexity index is 951. The molecule has 0 radical (unpaired) electrons. The Kier molecular flexibility index (Phi) is 5.82. The molecule has 0 bridgehead atoms. The van der Waals surface area contributed by atoms with Crippen LogP contribution >= 0.6 is 15.9 Å². The van der Waals surface area contributed by atoms with Gasteiger partial charge in [-0.25, -0.2) is 4.98 Å². The fraction of sp³-hybridized carbons (Fsp3) is 0.300. The summed E-state index contributed by atoms with van der Waals surface area (Å²) >= 11 is 3.45. The Morgan fingerprint density at radius 3 is 2.59 bits per heavy atom. The first-order valence-electron chi connectivity index (χ1n) is 8.63. The maximum atomic E-state index is 12.9. The topological polar surface area (TPSA) is 58.9 Å². The van der Waals surface area contributed by atoms with Crippen LogP contribution in [0, 0.1) is 6.92 Å². The molecular weight excluding hydrogens is 408 g/mol. The summed E-state index contributed by atoms with van der Waals surface area (Å²) in [5.41, 5.74) is 3.12. The molecule has 0 saturated carbocycles. The highest BCUT2D eigenvalue weighted by molar-refractivity contribution is 9.10. The van der Waals surface area contributed by atoms with E-state index in [9.17, 15) is 4.79 Å². The molecule has 7 heteroatoms. The minimum atomic E-state index is -0.140. The third kappa shape index (κ3) is 4.14. The number of ether oxygens (including phenoxy) is 1. The second kappa shape index (κ2) is 8.10. The van der Waals surface area contributed by atoms with Gasteiger partial charge in [0, 0.05) is 17.2 Å². The number of fused-ring (bicyclic) bond motifs is 1. The van der Waals surface area contributed by atoms with Gasteiger partial charge < -0.3 is 15.0 Å². The predicted octanol–water partition coefficient (Wildman–Crippen LogP) is 3.45. The molecule has 3 aromatic rings. The summed E-state index contributed by atoms with van der Waals surface area (Å²) in [5, 5.41) is 3.06. The van der Waals surface area contributed by atoms with Gasteiger partial charge in [-0.05, 0) is 66.8 Å². The number of halogens is 1. The molecule has 142 valence electrons. The van der Waals surface area contributed by atoms with Gasteiger partial charge in [0.05, 0.1) is 18.8 Å². The van der Waals surface area contributed by atoms with Crippen molar-refractivity contribution in [2.24, 2.45) is 0 Å². The number of benzene rings is 1. The van der Waals surface area contributed by atoms with E-state index in [1.54, 1.807) is 7.11 Å². The van der Waals surface area contributed by atoms with E-state index in [0.29, 0.717) is 17.9 Å². The van der Waals surface area contributed by atoms with Gasteiger partial charge >= 0.3 is 0 Å². The van der Waals surface area contributed by atoms with Crippen molar-refractivity contribution in [1.29, 1.82) is 0 Å². The predicted molar refractivity (Wildman–Crippen MR) is 109 cm³/mol. The van der Waals surface area contributed by atoms with Crippen LogP contribution < -0.4 is 10.1 Å². The number of aromatic nitrogens is 2. The van der Waals surface area contributed by atoms with Crippen molar-refractivity contribution in [2.75, 3.05) is 27.7 Å². The normalized spacial score (nSPS) is 12.4. The molecule has 2 heterocycles. The first-order valence-corrected chi connectivity index (χ1v) is 9.42. The monoisotopic (exact) mass is 430 g/mol. The van der Waals surface area contributed by atoms with Crippen LogP contribution in [0.3, 0.4) is 0 Å². The fourth-order valence-electron chi connectivity index (χ4n) is 3.11. The largest absolute Gasteiger partial charge is 0.497 e. The van der Waals surface area contributed by atoms with Gasteiger partial charge in [0.15, 0.2) is 0 Å². The smallest absolute Gasteiger partial charge is 0.270 e. The number of nitrogens with zero attached hydrogens (tertiary/aromatic N) is 3. The molecule has 0 saturated heterocycles. The average Bonchev–Trinajstić information content (AvgIpc) is 2.97. The van der Waals surface area contributed by atoms with E-state index in [-0.39, 0.29) is 11.9 Å². The maximum absolute atomic E-state index is 12.9. The van der Waals surface area contributed by atoms with Crippen molar-refractivity contribution in [3.63, 3.8) is 0 Å². The molecule has 0 spiro atoms. The van der Waals surface area contributed by atoms with Crippen LogP contribution in [0.1, 0.15) is 27.8 Å². The summed E-state index contributed by atoms with van der Waals surface area (Å²) in [6, 6.07) is 11.7. The van der Waals surface area contributed by atoms with E-state index in [1.807, 2.05) is 68.0 Å². The number of hydrogen-bond donors (Lipinski definition) is 1. The molecule has 27 heavy (non-hydrogen) atoms. The Morgan fingerprint density at radius 2 is 1.96 bits per heavy atom. The number of likely N-dealkylation sites (N-methyl/N-ethyl adjacent to an activating group) is 1. The van der Waals surface area contributed by atoms with Crippen LogP contribution in [0.15, 0.2) is 47.1 Å². The highest BCUT2D eigenvalue weighted by atomic mass is 79.9. The molecule has 0 aliphatic heterocycles. The van der Waals surface area contributed by atoms with E-state index in [1.165, 1.54) is 0 Å². The quantitative estimate of drug-likeness (QED) is 0.650. The maximum Gasteiger partial charge on any atom is 0.270 e. The van der Waals surface area contributed by atoms with E-state index in [2.05, 4.69) is 31.1 Å². The number of hydrogen-bond acceptors (Lipinski definition) is 4. The van der Waals surface area contributed by atoms with Crippen molar-refractivity contribution >= 4 is 27.5 Å². The first-order chi connectivity index (χ1) is 12.9. The van der Waals surface area contributed by atoms with Gasteiger partial charge in [-0.3, -0.25) is 9.20 Å². The lowest BCUT2D eigenvalue weighted by molar-refractivity contribution is 0.0935. The average molecular weight is 431 g/mol. The third-order valence-corrected chi connectivity index (χ3v) is 5.02. The summed E-state index contributed by atoms with van der Waals surface area (Å²) < 4.78 is 7.93. The molecule has 6 nitrogen and oxygen atoms in total. The van der Waals surface area contributed by atoms with Crippen LogP contribution in [0.25, 0.3) is 5.65 Å². The van der Waals surface area contributed by atoms with Crippen molar-refractivity contribution in [2.45, 2.75) is 13.0 Å². The molecule has 1 atom stereocenters. The second-order valence-electron chi connectivity index (χ2n) is 6.58. The number of amides is 1. The fourth-order valence-corrected chi connectivity index (χ4v) is 3.44. The molecule has 1 amide bonds. The van der Waals surface area contributed by atoms with Gasteiger partial charge in [0.1, 0.15) is 17.1 Å². The molecule has 2 aromatic heterocycles. The van der Waals surface area contributed by atoms with Crippen LogP contribution in [0.4, 0.5) is 0 Å². The molecule has 0 aliphatic carbocycles. The SMILES string of the molecule is COc1ccc(C(CNC(=O)c2c(C)nc3ccc(Br)cn23)N(C)C)cc1. The zero-order valence-electron chi connectivity index (χ0n) is 15.9. The summed E-state index contributed by atoms with van der Waals surface area (Å²) in [6.07, 6.45) is 1.86. The molecule has 1 aromatic carbocycles. The van der Waals surface area contributed by atoms with E-state index in [0.717, 1.165) is 21.4 Å². The molecule has 1 N–H and O–H groups in total. The molecule has 1 unspecified atom stereocenters. The summed E-state index contributed by atoms with van der Waals surface area (Å²) in [5.74, 6) is 0.672. The van der Waals surface area contributed by atoms with Crippen LogP contribution in [0.5, 0.6) is 5.75 Å². The van der Waals surface area contributed by atoms with E-state index in [4.69, 9.17) is 4.74 Å². The minimum Gasteiger partial charge on any atom is -0.497 e. The van der Waals surface area contributed by atoms with E-state index < -0.39 is 0 Å². The number of rotatable bonds is 6. The van der Waals surface area contributed by atoms with Gasteiger partial charge in [0.2, 0.25) is 0 Å². The minimum absolute atomic E-state index is 0.0473. The first kappa shape index (κ1) is 19.4. The second-order valence-corrected chi connectivity index (χ2v) is 7.50. The number of nitrogens with one attached hydrogen (secondary N) is 1. The van der Waals surface area contributed by atoms with E-state index >= 15 is 0 Å². The third-order valence-electron chi connectivity index (χ3n) is 4.55. The summed E-state index contributed by atoms with van der Waals surface area (Å²) in [7, 11) is 5.64. The summed E-state index contributed by atoms with van der Waals surface area (Å²) in [4.78, 5) is 19.4. The highest BCUT2D eigenvalue weighted by Crippen LogP contribution is 2.21. The lowest BCUT2D eigenvalue weighted by atomic mass is 10.1. The number of pyridine rings is 1. The molecule has 0 fully saturated rings. The number of carbonyl (C=O) groups is 1. The molecule has 0 aliphatic rings. The summed E-state index contributed by atoms with van der Waals surface area (Å²) in [6.45, 7) is 2.33. The van der Waals surface area contributed by atoms with Crippen molar-refractivity contribution in [1.82, 2.24) is 19.6 Å². The number of methoxy groups -OCH3 is 1. The number of imidazole rings is 1. The van der Waals surface area contributed by atoms with Crippen molar-refractivity contribution in [3.8, 4) is 5.75 Å². The Hall–Kier alpha value is -2.38. The Labute approximate surface area is 167 Å². The van der Waals surface area contributed by atoms with Gasteiger partial charge in [-0.2, -0.15) is 0 Å². The zero-order valence-corrected chi connectivity index (χ0v) is 17.4. The van der Waals surface area contributed by atoms with Crippen LogP contribution in [0.2, 0.25) is 0 Å². The van der Waals surface area contributed by atoms with Crippen LogP contribution in [-0.2, 0) is 0 Å². The number of aryl methyl sites for hydroxylation is 1. The zero-order chi connectivity index (χ0) is 19.6. The molecule has 3 rings (SSSR count). The van der Waals surface area contributed by atoms with Crippen LogP contribution in [-0.4, -0.2) is 47.9 Å². The Morgan fingerprint density at radius 1 is 1.26 bits per heavy atom. The standard InChI is InChI=1S/C20H23BrN4O2/c1-13-19(25-12-15(21)7-10-18(25)23-13)20(26)22-11-17(24(2)3)14-5-8-16(27-4)9-6-14/h5-10,12,17H,11H2,1-4H3,(H,22,26). The van der Waals surface area contributed by atoms with Gasteiger partial charge in [-0.15, -0.1) is 0 Å². The lowest BCUT2D eigenvalue weighted by Crippen LogP contribution is -2.35. The van der Waals surface area contributed by atoms with Gasteiger partial charge in [0.25, 0.3) is 5.91 Å². The highest BCUT2D eigenvalue weighted by Gasteiger charge is 2.20. The number of carbonyl (C=O) groups excluding carboxylic acids is 1. The Balaban J connectivity index is 1.80. The molecular formula is C20H23BrN4O2. The van der Waals surface area contributed by atoms with Crippen molar-refractivity contribution in [3.05, 3.63) is 64.0 Å². The lowest BCUT2D eigenvalue weighted by Gasteiger charge is -2.25. The van der Waals surface area contributed by atoms with Crippen molar-refractivity contribution < 1.29 is 9.53 Å².